The predicted molar refractivity (Wildman–Crippen MR) is 114 cm³/mol. The molecule has 1 aliphatic rings. The molecular weight excluding hydrogens is 422 g/mol. The molecule has 0 spiro atoms. The van der Waals surface area contributed by atoms with Crippen LogP contribution in [0.3, 0.4) is 0 Å². The molecule has 4 unspecified atom stereocenters. The van der Waals surface area contributed by atoms with Gasteiger partial charge >= 0.3 is 11.9 Å². The Bertz CT molecular complexity index is 700. The molecule has 182 valence electrons. The summed E-state index contributed by atoms with van der Waals surface area (Å²) < 4.78 is 0. The second kappa shape index (κ2) is 13.0. The number of aliphatic carboxylic acids is 2. The molecule has 0 saturated carbocycles. The SMILES string of the molecule is CC(C)C(NC(=O)C(CCCCN)NC(=O)C(N)CC(=O)O)C(=O)N1CCCC1C(=O)O. The number of likely N-dealkylation sites (tertiary alicyclic amines) is 1. The van der Waals surface area contributed by atoms with Crippen molar-refractivity contribution in [3.8, 4) is 0 Å². The minimum atomic E-state index is -1.33. The molecule has 0 bridgehead atoms. The Labute approximate surface area is 187 Å². The summed E-state index contributed by atoms with van der Waals surface area (Å²) in [6.07, 6.45) is 1.63. The lowest BCUT2D eigenvalue weighted by molar-refractivity contribution is -0.150. The molecule has 1 heterocycles. The van der Waals surface area contributed by atoms with E-state index in [2.05, 4.69) is 10.6 Å². The molecule has 1 rings (SSSR count). The molecule has 8 N–H and O–H groups in total. The topological polar surface area (TPSA) is 205 Å². The van der Waals surface area contributed by atoms with Gasteiger partial charge in [0, 0.05) is 6.54 Å². The molecule has 32 heavy (non-hydrogen) atoms. The maximum absolute atomic E-state index is 13.0. The summed E-state index contributed by atoms with van der Waals surface area (Å²) >= 11 is 0. The molecule has 0 aromatic heterocycles. The molecule has 4 atom stereocenters. The number of amides is 3. The second-order valence-electron chi connectivity index (χ2n) is 8.31. The first-order chi connectivity index (χ1) is 15.0. The van der Waals surface area contributed by atoms with E-state index >= 15 is 0 Å². The first-order valence-corrected chi connectivity index (χ1v) is 10.8. The van der Waals surface area contributed by atoms with Crippen LogP contribution in [0.1, 0.15) is 52.4 Å². The summed E-state index contributed by atoms with van der Waals surface area (Å²) in [5.74, 6) is -4.59. The van der Waals surface area contributed by atoms with Gasteiger partial charge in [0.1, 0.15) is 18.1 Å². The number of rotatable bonds is 13. The van der Waals surface area contributed by atoms with Crippen LogP contribution >= 0.6 is 0 Å². The number of carboxylic acid groups (broad SMARTS) is 2. The Morgan fingerprint density at radius 3 is 2.25 bits per heavy atom. The third-order valence-corrected chi connectivity index (χ3v) is 5.36. The fourth-order valence-electron chi connectivity index (χ4n) is 3.55. The average molecular weight is 458 g/mol. The summed E-state index contributed by atoms with van der Waals surface area (Å²) in [7, 11) is 0. The summed E-state index contributed by atoms with van der Waals surface area (Å²) in [5, 5.41) is 23.3. The maximum Gasteiger partial charge on any atom is 0.326 e. The summed E-state index contributed by atoms with van der Waals surface area (Å²) in [5.41, 5.74) is 11.1. The third kappa shape index (κ3) is 8.08. The highest BCUT2D eigenvalue weighted by atomic mass is 16.4. The quantitative estimate of drug-likeness (QED) is 0.180. The van der Waals surface area contributed by atoms with Crippen molar-refractivity contribution >= 4 is 29.7 Å². The van der Waals surface area contributed by atoms with Crippen LogP contribution < -0.4 is 22.1 Å². The molecule has 1 fully saturated rings. The van der Waals surface area contributed by atoms with Gasteiger partial charge in [-0.3, -0.25) is 19.2 Å². The van der Waals surface area contributed by atoms with E-state index in [1.54, 1.807) is 13.8 Å². The molecule has 0 aromatic rings. The molecule has 12 nitrogen and oxygen atoms in total. The van der Waals surface area contributed by atoms with Gasteiger partial charge in [0.15, 0.2) is 0 Å². The Balaban J connectivity index is 2.95. The van der Waals surface area contributed by atoms with Crippen molar-refractivity contribution in [2.24, 2.45) is 17.4 Å². The van der Waals surface area contributed by atoms with E-state index in [0.29, 0.717) is 32.2 Å². The number of unbranched alkanes of at least 4 members (excludes halogenated alkanes) is 1. The summed E-state index contributed by atoms with van der Waals surface area (Å²) in [4.78, 5) is 61.8. The largest absolute Gasteiger partial charge is 0.481 e. The van der Waals surface area contributed by atoms with Crippen molar-refractivity contribution in [1.82, 2.24) is 15.5 Å². The van der Waals surface area contributed by atoms with Crippen LogP contribution in [-0.2, 0) is 24.0 Å². The van der Waals surface area contributed by atoms with Gasteiger partial charge in [-0.05, 0) is 44.6 Å². The standard InChI is InChI=1S/C20H35N5O7/c1-11(2)16(19(30)25-9-5-7-14(25)20(31)32)24-18(29)13(6-3-4-8-21)23-17(28)12(22)10-15(26)27/h11-14,16H,3-10,21-22H2,1-2H3,(H,23,28)(H,24,29)(H,26,27)(H,31,32). The number of carbonyl (C=O) groups excluding carboxylic acids is 3. The zero-order valence-corrected chi connectivity index (χ0v) is 18.6. The fraction of sp³-hybridized carbons (Fsp3) is 0.750. The van der Waals surface area contributed by atoms with Gasteiger partial charge in [-0.2, -0.15) is 0 Å². The molecule has 0 aromatic carbocycles. The molecule has 1 aliphatic heterocycles. The van der Waals surface area contributed by atoms with Crippen molar-refractivity contribution < 1.29 is 34.2 Å². The van der Waals surface area contributed by atoms with Crippen LogP contribution in [-0.4, -0.2) is 82.0 Å². The van der Waals surface area contributed by atoms with Gasteiger partial charge in [0.2, 0.25) is 17.7 Å². The number of nitrogens with two attached hydrogens (primary N) is 2. The van der Waals surface area contributed by atoms with Crippen molar-refractivity contribution in [2.45, 2.75) is 76.5 Å². The van der Waals surface area contributed by atoms with Gasteiger partial charge in [-0.25, -0.2) is 4.79 Å². The highest BCUT2D eigenvalue weighted by molar-refractivity contribution is 5.95. The van der Waals surface area contributed by atoms with Crippen LogP contribution in [0.15, 0.2) is 0 Å². The van der Waals surface area contributed by atoms with Crippen LogP contribution in [0, 0.1) is 5.92 Å². The normalized spacial score (nSPS) is 18.7. The first-order valence-electron chi connectivity index (χ1n) is 10.8. The van der Waals surface area contributed by atoms with E-state index in [1.807, 2.05) is 0 Å². The monoisotopic (exact) mass is 457 g/mol. The number of hydrogen-bond donors (Lipinski definition) is 6. The zero-order chi connectivity index (χ0) is 24.4. The van der Waals surface area contributed by atoms with E-state index < -0.39 is 60.2 Å². The van der Waals surface area contributed by atoms with Crippen molar-refractivity contribution in [3.63, 3.8) is 0 Å². The van der Waals surface area contributed by atoms with Crippen LogP contribution in [0.2, 0.25) is 0 Å². The van der Waals surface area contributed by atoms with Gasteiger partial charge in [0.25, 0.3) is 0 Å². The van der Waals surface area contributed by atoms with Gasteiger partial charge < -0.3 is 37.2 Å². The summed E-state index contributed by atoms with van der Waals surface area (Å²) in [6.45, 7) is 4.12. The lowest BCUT2D eigenvalue weighted by Gasteiger charge is -2.30. The van der Waals surface area contributed by atoms with Gasteiger partial charge in [-0.15, -0.1) is 0 Å². The van der Waals surface area contributed by atoms with Crippen LogP contribution in [0.4, 0.5) is 0 Å². The molecule has 0 radical (unpaired) electrons. The molecular formula is C20H35N5O7. The Hall–Kier alpha value is -2.73. The van der Waals surface area contributed by atoms with Gasteiger partial charge in [0.05, 0.1) is 12.5 Å². The van der Waals surface area contributed by atoms with E-state index in [-0.39, 0.29) is 18.9 Å². The van der Waals surface area contributed by atoms with E-state index in [1.165, 1.54) is 4.90 Å². The van der Waals surface area contributed by atoms with E-state index in [9.17, 15) is 29.1 Å². The minimum Gasteiger partial charge on any atom is -0.481 e. The van der Waals surface area contributed by atoms with Crippen molar-refractivity contribution in [1.29, 1.82) is 0 Å². The van der Waals surface area contributed by atoms with Gasteiger partial charge in [-0.1, -0.05) is 13.8 Å². The summed E-state index contributed by atoms with van der Waals surface area (Å²) in [6, 6.07) is -4.30. The number of carboxylic acids is 2. The molecule has 0 aliphatic carbocycles. The number of nitrogens with zero attached hydrogens (tertiary/aromatic N) is 1. The van der Waals surface area contributed by atoms with Crippen molar-refractivity contribution in [3.05, 3.63) is 0 Å². The highest BCUT2D eigenvalue weighted by Gasteiger charge is 2.39. The lowest BCUT2D eigenvalue weighted by atomic mass is 10.0. The molecule has 3 amide bonds. The Morgan fingerprint density at radius 1 is 1.06 bits per heavy atom. The highest BCUT2D eigenvalue weighted by Crippen LogP contribution is 2.20. The van der Waals surface area contributed by atoms with Crippen LogP contribution in [0.5, 0.6) is 0 Å². The first kappa shape index (κ1) is 27.3. The van der Waals surface area contributed by atoms with E-state index in [4.69, 9.17) is 16.6 Å². The predicted octanol–water partition coefficient (Wildman–Crippen LogP) is -1.38. The number of nitrogens with one attached hydrogen (secondary N) is 2. The average Bonchev–Trinajstić information content (AvgIpc) is 3.20. The minimum absolute atomic E-state index is 0.217. The second-order valence-corrected chi connectivity index (χ2v) is 8.31. The lowest BCUT2D eigenvalue weighted by Crippen LogP contribution is -2.58. The smallest absolute Gasteiger partial charge is 0.326 e. The Morgan fingerprint density at radius 2 is 1.72 bits per heavy atom. The zero-order valence-electron chi connectivity index (χ0n) is 18.6. The Kier molecular flexibility index (Phi) is 11.1. The molecule has 12 heteroatoms. The maximum atomic E-state index is 13.0. The molecule has 1 saturated heterocycles. The third-order valence-electron chi connectivity index (χ3n) is 5.36. The van der Waals surface area contributed by atoms with E-state index in [0.717, 1.165) is 0 Å². The fourth-order valence-corrected chi connectivity index (χ4v) is 3.55. The number of carbonyl (C=O) groups is 5. The van der Waals surface area contributed by atoms with Crippen LogP contribution in [0.25, 0.3) is 0 Å². The van der Waals surface area contributed by atoms with Crippen molar-refractivity contribution in [2.75, 3.05) is 13.1 Å². The number of hydrogen-bond acceptors (Lipinski definition) is 7.